The Morgan fingerprint density at radius 3 is 2.71 bits per heavy atom. The van der Waals surface area contributed by atoms with E-state index < -0.39 is 5.41 Å². The Hall–Kier alpha value is -0.900. The lowest BCUT2D eigenvalue weighted by molar-refractivity contribution is -0.146. The fraction of sp³-hybridized carbons (Fsp3) is 0.692. The van der Waals surface area contributed by atoms with E-state index in [-0.39, 0.29) is 5.97 Å². The van der Waals surface area contributed by atoms with Gasteiger partial charge in [0.1, 0.15) is 10.4 Å². The first-order valence-electron chi connectivity index (χ1n) is 6.10. The van der Waals surface area contributed by atoms with Gasteiger partial charge in [0.25, 0.3) is 0 Å². The lowest BCUT2D eigenvalue weighted by Crippen LogP contribution is -2.30. The summed E-state index contributed by atoms with van der Waals surface area (Å²) in [5, 5.41) is 2.97. The van der Waals surface area contributed by atoms with Crippen molar-refractivity contribution < 1.29 is 9.53 Å². The molecule has 1 heterocycles. The van der Waals surface area contributed by atoms with Gasteiger partial charge < -0.3 is 4.74 Å². The van der Waals surface area contributed by atoms with Crippen LogP contribution in [-0.2, 0) is 14.9 Å². The second-order valence-corrected chi connectivity index (χ2v) is 6.03. The molecule has 4 heteroatoms. The molecule has 2 rings (SSSR count). The van der Waals surface area contributed by atoms with Crippen LogP contribution in [0.5, 0.6) is 0 Å². The highest BCUT2D eigenvalue weighted by atomic mass is 32.1. The van der Waals surface area contributed by atoms with Crippen molar-refractivity contribution in [1.82, 2.24) is 4.98 Å². The van der Waals surface area contributed by atoms with Crippen molar-refractivity contribution in [1.29, 1.82) is 0 Å². The van der Waals surface area contributed by atoms with E-state index in [9.17, 15) is 4.79 Å². The Kier molecular flexibility index (Phi) is 3.52. The third-order valence-corrected chi connectivity index (χ3v) is 4.71. The first-order chi connectivity index (χ1) is 8.05. The largest absolute Gasteiger partial charge is 0.468 e. The SMILES string of the molecule is COC(=O)C(C)(C)c1nc(C2CCCC2)cs1. The minimum Gasteiger partial charge on any atom is -0.468 e. The highest BCUT2D eigenvalue weighted by molar-refractivity contribution is 7.10. The van der Waals surface area contributed by atoms with Crippen LogP contribution in [0.25, 0.3) is 0 Å². The topological polar surface area (TPSA) is 39.2 Å². The van der Waals surface area contributed by atoms with Crippen LogP contribution in [0.3, 0.4) is 0 Å². The van der Waals surface area contributed by atoms with Crippen molar-refractivity contribution >= 4 is 17.3 Å². The second kappa shape index (κ2) is 4.77. The predicted octanol–water partition coefficient (Wildman–Crippen LogP) is 3.25. The number of esters is 1. The lowest BCUT2D eigenvalue weighted by atomic mass is 9.94. The molecule has 1 aliphatic rings. The van der Waals surface area contributed by atoms with Gasteiger partial charge in [-0.3, -0.25) is 4.79 Å². The van der Waals surface area contributed by atoms with Crippen LogP contribution in [0.1, 0.15) is 56.2 Å². The molecule has 0 unspecified atom stereocenters. The van der Waals surface area contributed by atoms with E-state index in [0.717, 1.165) is 5.01 Å². The fourth-order valence-electron chi connectivity index (χ4n) is 2.32. The molecule has 1 aromatic heterocycles. The molecular weight excluding hydrogens is 234 g/mol. The Bertz CT molecular complexity index is 405. The normalized spacial score (nSPS) is 17.4. The van der Waals surface area contributed by atoms with Crippen molar-refractivity contribution in [2.24, 2.45) is 0 Å². The van der Waals surface area contributed by atoms with E-state index in [1.54, 1.807) is 11.3 Å². The van der Waals surface area contributed by atoms with Crippen molar-refractivity contribution in [2.45, 2.75) is 50.9 Å². The second-order valence-electron chi connectivity index (χ2n) is 5.18. The summed E-state index contributed by atoms with van der Waals surface area (Å²) in [7, 11) is 1.43. The summed E-state index contributed by atoms with van der Waals surface area (Å²) in [4.78, 5) is 16.4. The van der Waals surface area contributed by atoms with Crippen molar-refractivity contribution in [3.63, 3.8) is 0 Å². The molecule has 1 saturated carbocycles. The Labute approximate surface area is 106 Å². The molecule has 0 amide bonds. The van der Waals surface area contributed by atoms with Crippen LogP contribution >= 0.6 is 11.3 Å². The number of hydrogen-bond donors (Lipinski definition) is 0. The molecule has 0 bridgehead atoms. The van der Waals surface area contributed by atoms with Gasteiger partial charge in [0.05, 0.1) is 12.8 Å². The highest BCUT2D eigenvalue weighted by Crippen LogP contribution is 2.36. The zero-order valence-electron chi connectivity index (χ0n) is 10.7. The van der Waals surface area contributed by atoms with Gasteiger partial charge in [-0.05, 0) is 26.7 Å². The van der Waals surface area contributed by atoms with E-state index in [4.69, 9.17) is 4.74 Å². The quantitative estimate of drug-likeness (QED) is 0.776. The number of nitrogens with zero attached hydrogens (tertiary/aromatic N) is 1. The standard InChI is InChI=1S/C13H19NO2S/c1-13(2,12(15)16-3)11-14-10(8-17-11)9-6-4-5-7-9/h8-9H,4-7H2,1-3H3. The van der Waals surface area contributed by atoms with E-state index in [1.165, 1.54) is 38.5 Å². The third-order valence-electron chi connectivity index (χ3n) is 3.53. The van der Waals surface area contributed by atoms with Gasteiger partial charge in [-0.1, -0.05) is 12.8 Å². The first-order valence-corrected chi connectivity index (χ1v) is 6.98. The van der Waals surface area contributed by atoms with E-state index in [0.29, 0.717) is 5.92 Å². The molecule has 3 nitrogen and oxygen atoms in total. The molecule has 94 valence electrons. The molecule has 1 fully saturated rings. The average Bonchev–Trinajstić information content (AvgIpc) is 2.97. The number of methoxy groups -OCH3 is 1. The molecular formula is C13H19NO2S. The molecule has 0 atom stereocenters. The van der Waals surface area contributed by atoms with Crippen LogP contribution in [-0.4, -0.2) is 18.1 Å². The molecule has 1 aliphatic carbocycles. The maximum absolute atomic E-state index is 11.7. The molecule has 0 saturated heterocycles. The number of hydrogen-bond acceptors (Lipinski definition) is 4. The van der Waals surface area contributed by atoms with Crippen LogP contribution in [0, 0.1) is 0 Å². The Balaban J connectivity index is 2.19. The molecule has 17 heavy (non-hydrogen) atoms. The number of carbonyl (C=O) groups excluding carboxylic acids is 1. The van der Waals surface area contributed by atoms with Gasteiger partial charge in [-0.2, -0.15) is 0 Å². The maximum atomic E-state index is 11.7. The lowest BCUT2D eigenvalue weighted by Gasteiger charge is -2.18. The van der Waals surface area contributed by atoms with Gasteiger partial charge in [0, 0.05) is 11.3 Å². The fourth-order valence-corrected chi connectivity index (χ4v) is 3.34. The summed E-state index contributed by atoms with van der Waals surface area (Å²) < 4.78 is 4.83. The molecule has 0 N–H and O–H groups in total. The van der Waals surface area contributed by atoms with Gasteiger partial charge in [-0.25, -0.2) is 4.98 Å². The minimum absolute atomic E-state index is 0.218. The Morgan fingerprint density at radius 1 is 1.47 bits per heavy atom. The van der Waals surface area contributed by atoms with E-state index in [2.05, 4.69) is 10.4 Å². The number of aromatic nitrogens is 1. The van der Waals surface area contributed by atoms with Crippen molar-refractivity contribution in [3.8, 4) is 0 Å². The minimum atomic E-state index is -0.629. The summed E-state index contributed by atoms with van der Waals surface area (Å²) in [6.45, 7) is 3.74. The zero-order chi connectivity index (χ0) is 12.5. The maximum Gasteiger partial charge on any atom is 0.318 e. The zero-order valence-corrected chi connectivity index (χ0v) is 11.5. The third kappa shape index (κ3) is 2.37. The predicted molar refractivity (Wildman–Crippen MR) is 68.4 cm³/mol. The summed E-state index contributed by atoms with van der Waals surface area (Å²) >= 11 is 1.58. The molecule has 0 aliphatic heterocycles. The smallest absolute Gasteiger partial charge is 0.318 e. The van der Waals surface area contributed by atoms with Gasteiger partial charge in [-0.15, -0.1) is 11.3 Å². The average molecular weight is 253 g/mol. The van der Waals surface area contributed by atoms with Crippen molar-refractivity contribution in [3.05, 3.63) is 16.1 Å². The van der Waals surface area contributed by atoms with E-state index in [1.807, 2.05) is 13.8 Å². The molecule has 0 spiro atoms. The molecule has 0 radical (unpaired) electrons. The summed E-state index contributed by atoms with van der Waals surface area (Å²) in [6.07, 6.45) is 5.08. The van der Waals surface area contributed by atoms with Crippen LogP contribution < -0.4 is 0 Å². The summed E-state index contributed by atoms with van der Waals surface area (Å²) in [6, 6.07) is 0. The van der Waals surface area contributed by atoms with Gasteiger partial charge in [0.15, 0.2) is 0 Å². The number of carbonyl (C=O) groups is 1. The number of rotatable bonds is 3. The van der Waals surface area contributed by atoms with Crippen LogP contribution in [0.2, 0.25) is 0 Å². The van der Waals surface area contributed by atoms with Crippen LogP contribution in [0.15, 0.2) is 5.38 Å². The Morgan fingerprint density at radius 2 is 2.12 bits per heavy atom. The molecule has 0 aromatic carbocycles. The van der Waals surface area contributed by atoms with Crippen LogP contribution in [0.4, 0.5) is 0 Å². The van der Waals surface area contributed by atoms with Crippen molar-refractivity contribution in [2.75, 3.05) is 7.11 Å². The monoisotopic (exact) mass is 253 g/mol. The summed E-state index contributed by atoms with van der Waals surface area (Å²) in [5.41, 5.74) is 0.537. The van der Waals surface area contributed by atoms with E-state index >= 15 is 0 Å². The van der Waals surface area contributed by atoms with Gasteiger partial charge in [0.2, 0.25) is 0 Å². The molecule has 1 aromatic rings. The highest BCUT2D eigenvalue weighted by Gasteiger charge is 2.34. The van der Waals surface area contributed by atoms with Gasteiger partial charge >= 0.3 is 5.97 Å². The first kappa shape index (κ1) is 12.6. The summed E-state index contributed by atoms with van der Waals surface area (Å²) in [5.74, 6) is 0.387. The number of ether oxygens (including phenoxy) is 1. The number of thiazole rings is 1.